The standard InChI is InChI=1S/C60H83N19O15S2/c1-4-29(2)49(79-51(85)36(61)26-95)58(92)77-42(19-32-23-68-38-13-8-6-11-35(32)38)55(89)73-40(15-16-46(62)80)54(88)76-44(21-48(82)83)57(91)75-41(18-31-22-67-37-12-7-5-10-34(31)37)52(86)69-25-47(81)71-30(3)50(84)74-43(20-33-24-65-28-70-33)56(90)72-39(14-9-17-66-60(63)64)53(87)78-45(27-96)59(93)94/h5-8,10-13,22-24,28-30,36,39-45,49,67-68,95-96H,4,9,14-21,25-27,61H2,1-3H3,(H2,62,80)(H,65,70)(H,69,86)(H,71,81)(H,72,90)(H,73,89)(H,74,84)(H,75,91)(H,76,88)(H,77,92)(H,78,87)(H,79,85)(H,82,83)(H,93,94)(H4,63,64,66)/t29-,30-,36-,39-,40-,41-,42-,43-,44-,45-,49-/m0/s1. The SMILES string of the molecule is CC[C@H](C)[C@H](NC(=O)[C@@H](N)CS)C(=O)N[C@@H](Cc1c[nH]c2ccccc12)C(=O)N[C@@H](CCC(N)=O)C(=O)N[C@@H](CC(=O)O)C(=O)N[C@@H](Cc1c[nH]c2ccccc12)C(=O)NCC(=O)N[C@@H](C)C(=O)N[C@@H](Cc1c[nH]cn1)C(=O)N[C@@H](CCCNC(=N)N)C(=O)N[C@@H](CS)C(=O)O. The van der Waals surface area contributed by atoms with Crippen LogP contribution in [-0.4, -0.2) is 198 Å². The molecule has 0 saturated heterocycles. The normalized spacial score (nSPS) is 14.6. The van der Waals surface area contributed by atoms with Crippen LogP contribution in [0.25, 0.3) is 21.8 Å². The van der Waals surface area contributed by atoms with Crippen LogP contribution in [0.15, 0.2) is 73.4 Å². The number of carbonyl (C=O) groups is 13. The Morgan fingerprint density at radius 2 is 1.07 bits per heavy atom. The summed E-state index contributed by atoms with van der Waals surface area (Å²) in [6.45, 7) is 3.96. The molecule has 0 saturated carbocycles. The first-order valence-corrected chi connectivity index (χ1v) is 31.7. The lowest BCUT2D eigenvalue weighted by atomic mass is 9.96. The minimum atomic E-state index is -2.01. The van der Waals surface area contributed by atoms with E-state index in [4.69, 9.17) is 22.6 Å². The van der Waals surface area contributed by atoms with Gasteiger partial charge in [0, 0.05) is 84.1 Å². The summed E-state index contributed by atoms with van der Waals surface area (Å²) in [7, 11) is 0. The molecule has 23 N–H and O–H groups in total. The van der Waals surface area contributed by atoms with E-state index in [-0.39, 0.29) is 61.8 Å². The van der Waals surface area contributed by atoms with E-state index in [9.17, 15) is 72.5 Å². The van der Waals surface area contributed by atoms with Crippen molar-refractivity contribution < 1.29 is 72.5 Å². The molecular weight excluding hydrogens is 1290 g/mol. The number of hydrogen-bond donors (Lipinski definition) is 22. The molecule has 5 rings (SSSR count). The molecule has 2 aromatic carbocycles. The van der Waals surface area contributed by atoms with E-state index in [2.05, 4.69) is 104 Å². The molecule has 11 atom stereocenters. The average molecular weight is 1370 g/mol. The van der Waals surface area contributed by atoms with Gasteiger partial charge in [-0.15, -0.1) is 0 Å². The Balaban J connectivity index is 1.35. The van der Waals surface area contributed by atoms with Crippen molar-refractivity contribution in [2.24, 2.45) is 23.1 Å². The van der Waals surface area contributed by atoms with Crippen LogP contribution in [0.2, 0.25) is 0 Å². The highest BCUT2D eigenvalue weighted by Crippen LogP contribution is 2.22. The van der Waals surface area contributed by atoms with Crippen LogP contribution in [-0.2, 0) is 81.6 Å². The van der Waals surface area contributed by atoms with Gasteiger partial charge in [-0.25, -0.2) is 9.78 Å². The highest BCUT2D eigenvalue weighted by atomic mass is 32.1. The summed E-state index contributed by atoms with van der Waals surface area (Å²) in [6, 6.07) is -0.979. The third-order valence-electron chi connectivity index (χ3n) is 15.3. The maximum atomic E-state index is 14.6. The smallest absolute Gasteiger partial charge is 0.327 e. The summed E-state index contributed by atoms with van der Waals surface area (Å²) in [5, 5.41) is 55.6. The molecule has 36 heteroatoms. The fraction of sp³-hybridized carbons (Fsp3) is 0.450. The summed E-state index contributed by atoms with van der Waals surface area (Å²) in [5.41, 5.74) is 19.4. The monoisotopic (exact) mass is 1370 g/mol. The van der Waals surface area contributed by atoms with Crippen molar-refractivity contribution in [2.45, 2.75) is 139 Å². The Hall–Kier alpha value is -10.2. The maximum absolute atomic E-state index is 14.6. The highest BCUT2D eigenvalue weighted by Gasteiger charge is 2.37. The largest absolute Gasteiger partial charge is 0.481 e. The fourth-order valence-electron chi connectivity index (χ4n) is 9.82. The molecular formula is C60H83N19O15S2. The predicted molar refractivity (Wildman–Crippen MR) is 355 cm³/mol. The van der Waals surface area contributed by atoms with Gasteiger partial charge in [0.1, 0.15) is 54.4 Å². The van der Waals surface area contributed by atoms with Gasteiger partial charge in [-0.3, -0.25) is 62.9 Å². The Morgan fingerprint density at radius 3 is 1.59 bits per heavy atom. The van der Waals surface area contributed by atoms with Crippen molar-refractivity contribution in [2.75, 3.05) is 24.6 Å². The van der Waals surface area contributed by atoms with E-state index in [0.717, 1.165) is 0 Å². The maximum Gasteiger partial charge on any atom is 0.327 e. The number of fused-ring (bicyclic) bond motifs is 2. The number of imidazole rings is 1. The molecule has 0 fully saturated rings. The average Bonchev–Trinajstić information content (AvgIpc) is 1.65. The van der Waals surface area contributed by atoms with Gasteiger partial charge in [0.25, 0.3) is 0 Å². The number of nitrogens with one attached hydrogen (secondary N) is 15. The first kappa shape index (κ1) is 76.5. The van der Waals surface area contributed by atoms with E-state index in [1.165, 1.54) is 19.4 Å². The Bertz CT molecular complexity index is 3590. The number of para-hydroxylation sites is 2. The molecule has 5 aromatic rings. The molecule has 0 aliphatic carbocycles. The molecule has 96 heavy (non-hydrogen) atoms. The van der Waals surface area contributed by atoms with Gasteiger partial charge in [0.05, 0.1) is 31.0 Å². The van der Waals surface area contributed by atoms with Gasteiger partial charge >= 0.3 is 11.9 Å². The van der Waals surface area contributed by atoms with Crippen LogP contribution in [0.1, 0.15) is 76.1 Å². The van der Waals surface area contributed by atoms with E-state index in [0.29, 0.717) is 39.4 Å². The zero-order valence-corrected chi connectivity index (χ0v) is 54.5. The number of nitrogens with two attached hydrogens (primary N) is 3. The first-order chi connectivity index (χ1) is 45.6. The van der Waals surface area contributed by atoms with Crippen LogP contribution in [0.3, 0.4) is 0 Å². The highest BCUT2D eigenvalue weighted by molar-refractivity contribution is 7.80. The molecule has 3 heterocycles. The molecule has 0 bridgehead atoms. The topological polar surface area (TPSA) is 557 Å². The third kappa shape index (κ3) is 23.7. The number of thiol groups is 2. The zero-order chi connectivity index (χ0) is 70.8. The Morgan fingerprint density at radius 1 is 0.573 bits per heavy atom. The van der Waals surface area contributed by atoms with Crippen LogP contribution >= 0.6 is 25.3 Å². The fourth-order valence-corrected chi connectivity index (χ4v) is 10.2. The first-order valence-electron chi connectivity index (χ1n) is 30.5. The predicted octanol–water partition coefficient (Wildman–Crippen LogP) is -3.78. The van der Waals surface area contributed by atoms with Gasteiger partial charge in [0.15, 0.2) is 5.96 Å². The number of hydrogen-bond acceptors (Lipinski definition) is 18. The minimum absolute atomic E-state index is 0.0496. The minimum Gasteiger partial charge on any atom is -0.481 e. The molecule has 0 aliphatic heterocycles. The van der Waals surface area contributed by atoms with Crippen LogP contribution in [0.4, 0.5) is 0 Å². The summed E-state index contributed by atoms with van der Waals surface area (Å²) >= 11 is 8.06. The number of carboxylic acid groups (broad SMARTS) is 2. The number of benzene rings is 2. The number of guanidine groups is 1. The number of aromatic nitrogens is 4. The van der Waals surface area contributed by atoms with E-state index >= 15 is 0 Å². The number of aromatic amines is 3. The van der Waals surface area contributed by atoms with Crippen molar-refractivity contribution in [1.29, 1.82) is 5.41 Å². The van der Waals surface area contributed by atoms with Crippen LogP contribution in [0.5, 0.6) is 0 Å². The molecule has 0 spiro atoms. The van der Waals surface area contributed by atoms with Crippen molar-refractivity contribution in [3.05, 3.63) is 90.3 Å². The van der Waals surface area contributed by atoms with Crippen LogP contribution in [0, 0.1) is 11.3 Å². The second-order valence-electron chi connectivity index (χ2n) is 22.6. The lowest BCUT2D eigenvalue weighted by Crippen LogP contribution is -2.61. The summed E-state index contributed by atoms with van der Waals surface area (Å²) < 4.78 is 0. The number of carboxylic acids is 2. The number of nitrogens with zero attached hydrogens (tertiary/aromatic N) is 1. The molecule has 11 amide bonds. The van der Waals surface area contributed by atoms with Crippen molar-refractivity contribution >= 4 is 130 Å². The lowest BCUT2D eigenvalue weighted by Gasteiger charge is -2.28. The third-order valence-corrected chi connectivity index (χ3v) is 16.1. The number of carbonyl (C=O) groups excluding carboxylic acids is 11. The van der Waals surface area contributed by atoms with E-state index in [1.54, 1.807) is 74.8 Å². The van der Waals surface area contributed by atoms with Crippen molar-refractivity contribution in [1.82, 2.24) is 78.4 Å². The number of amides is 11. The Kier molecular flexibility index (Phi) is 30.0. The number of aliphatic carboxylic acids is 2. The molecule has 0 radical (unpaired) electrons. The second-order valence-corrected chi connectivity index (χ2v) is 23.3. The molecule has 3 aromatic heterocycles. The van der Waals surface area contributed by atoms with Gasteiger partial charge in [0.2, 0.25) is 65.0 Å². The van der Waals surface area contributed by atoms with Crippen LogP contribution < -0.4 is 75.7 Å². The lowest BCUT2D eigenvalue weighted by molar-refractivity contribution is -0.142. The number of H-pyrrole nitrogens is 3. The summed E-state index contributed by atoms with van der Waals surface area (Å²) in [6.07, 6.45) is 3.41. The van der Waals surface area contributed by atoms with Gasteiger partial charge in [-0.1, -0.05) is 56.7 Å². The quantitative estimate of drug-likeness (QED) is 0.00774. The molecule has 0 aliphatic rings. The van der Waals surface area contributed by atoms with Gasteiger partial charge < -0.3 is 101 Å². The number of primary amides is 1. The molecule has 0 unspecified atom stereocenters. The Labute approximate surface area is 560 Å². The van der Waals surface area contributed by atoms with Gasteiger partial charge in [-0.05, 0) is 55.4 Å². The number of rotatable bonds is 40. The zero-order valence-electron chi connectivity index (χ0n) is 52.7. The molecule has 34 nitrogen and oxygen atoms in total. The van der Waals surface area contributed by atoms with Crippen molar-refractivity contribution in [3.8, 4) is 0 Å². The van der Waals surface area contributed by atoms with Gasteiger partial charge in [-0.2, -0.15) is 25.3 Å². The second kappa shape index (κ2) is 37.6. The van der Waals surface area contributed by atoms with Crippen molar-refractivity contribution in [3.63, 3.8) is 0 Å². The van der Waals surface area contributed by atoms with E-state index < -0.39 is 169 Å². The van der Waals surface area contributed by atoms with E-state index in [1.807, 2.05) is 0 Å². The molecule has 520 valence electrons. The summed E-state index contributed by atoms with van der Waals surface area (Å²) in [4.78, 5) is 189. The summed E-state index contributed by atoms with van der Waals surface area (Å²) in [5.74, 6) is -14.8.